The first-order valence-electron chi connectivity index (χ1n) is 6.60. The lowest BCUT2D eigenvalue weighted by atomic mass is 10.1. The monoisotopic (exact) mass is 250 g/mol. The number of hydrogen-bond acceptors (Lipinski definition) is 4. The maximum absolute atomic E-state index is 9.34. The predicted octanol–water partition coefficient (Wildman–Crippen LogP) is 1.62. The van der Waals surface area contributed by atoms with Crippen molar-refractivity contribution in [3.8, 4) is 5.75 Å². The Labute approximate surface area is 108 Å². The van der Waals surface area contributed by atoms with Crippen molar-refractivity contribution in [3.05, 3.63) is 23.8 Å². The molecule has 0 aliphatic carbocycles. The van der Waals surface area contributed by atoms with Gasteiger partial charge in [0, 0.05) is 23.8 Å². The molecule has 0 saturated carbocycles. The number of rotatable bonds is 5. The standard InChI is InChI=1S/C14H22N2O2/c1-2-18-14-6-5-12(15)8-11(14)9-16-7-3-4-13(16)10-17/h5-6,8,13,17H,2-4,7,9-10,15H2,1H3. The van der Waals surface area contributed by atoms with Crippen molar-refractivity contribution in [2.45, 2.75) is 32.4 Å². The number of nitrogen functional groups attached to an aromatic ring is 1. The summed E-state index contributed by atoms with van der Waals surface area (Å²) >= 11 is 0. The highest BCUT2D eigenvalue weighted by atomic mass is 16.5. The Morgan fingerprint density at radius 3 is 3.06 bits per heavy atom. The van der Waals surface area contributed by atoms with Gasteiger partial charge in [0.15, 0.2) is 0 Å². The van der Waals surface area contributed by atoms with Crippen LogP contribution in [0.1, 0.15) is 25.3 Å². The predicted molar refractivity (Wildman–Crippen MR) is 72.5 cm³/mol. The van der Waals surface area contributed by atoms with Crippen LogP contribution >= 0.6 is 0 Å². The van der Waals surface area contributed by atoms with Crippen LogP contribution < -0.4 is 10.5 Å². The Morgan fingerprint density at radius 1 is 1.50 bits per heavy atom. The van der Waals surface area contributed by atoms with Gasteiger partial charge in [0.25, 0.3) is 0 Å². The highest BCUT2D eigenvalue weighted by Crippen LogP contribution is 2.26. The van der Waals surface area contributed by atoms with Crippen LogP contribution in [0, 0.1) is 0 Å². The van der Waals surface area contributed by atoms with E-state index in [1.807, 2.05) is 25.1 Å². The Bertz CT molecular complexity index is 395. The topological polar surface area (TPSA) is 58.7 Å². The fourth-order valence-corrected chi connectivity index (χ4v) is 2.55. The van der Waals surface area contributed by atoms with Gasteiger partial charge in [0.2, 0.25) is 0 Å². The number of aliphatic hydroxyl groups is 1. The van der Waals surface area contributed by atoms with Gasteiger partial charge in [-0.2, -0.15) is 0 Å². The summed E-state index contributed by atoms with van der Waals surface area (Å²) in [6.45, 7) is 4.69. The van der Waals surface area contributed by atoms with Gasteiger partial charge in [-0.05, 0) is 44.5 Å². The Balaban J connectivity index is 2.14. The molecule has 1 aromatic rings. The third-order valence-electron chi connectivity index (χ3n) is 3.47. The first kappa shape index (κ1) is 13.2. The van der Waals surface area contributed by atoms with Gasteiger partial charge in [0.1, 0.15) is 5.75 Å². The smallest absolute Gasteiger partial charge is 0.123 e. The molecule has 1 heterocycles. The van der Waals surface area contributed by atoms with Gasteiger partial charge in [-0.15, -0.1) is 0 Å². The number of hydrogen-bond donors (Lipinski definition) is 2. The number of likely N-dealkylation sites (tertiary alicyclic amines) is 1. The summed E-state index contributed by atoms with van der Waals surface area (Å²) in [5.41, 5.74) is 7.71. The normalized spacial score (nSPS) is 20.2. The Morgan fingerprint density at radius 2 is 2.33 bits per heavy atom. The van der Waals surface area contributed by atoms with E-state index in [-0.39, 0.29) is 12.6 Å². The molecule has 1 aliphatic heterocycles. The number of anilines is 1. The SMILES string of the molecule is CCOc1ccc(N)cc1CN1CCCC1CO. The van der Waals surface area contributed by atoms with Crippen LogP contribution in [0.5, 0.6) is 5.75 Å². The van der Waals surface area contributed by atoms with E-state index in [1.165, 1.54) is 0 Å². The van der Waals surface area contributed by atoms with Gasteiger partial charge in [-0.1, -0.05) is 0 Å². The Hall–Kier alpha value is -1.26. The average molecular weight is 250 g/mol. The quantitative estimate of drug-likeness (QED) is 0.780. The molecule has 1 aromatic carbocycles. The van der Waals surface area contributed by atoms with E-state index in [4.69, 9.17) is 10.5 Å². The molecule has 1 aliphatic rings. The summed E-state index contributed by atoms with van der Waals surface area (Å²) in [4.78, 5) is 2.30. The minimum absolute atomic E-state index is 0.228. The van der Waals surface area contributed by atoms with Crippen molar-refractivity contribution < 1.29 is 9.84 Å². The lowest BCUT2D eigenvalue weighted by Crippen LogP contribution is -2.31. The lowest BCUT2D eigenvalue weighted by Gasteiger charge is -2.24. The molecule has 1 atom stereocenters. The second-order valence-corrected chi connectivity index (χ2v) is 4.75. The van der Waals surface area contributed by atoms with Crippen LogP contribution in [0.4, 0.5) is 5.69 Å². The van der Waals surface area contributed by atoms with E-state index < -0.39 is 0 Å². The number of aliphatic hydroxyl groups excluding tert-OH is 1. The molecule has 4 nitrogen and oxygen atoms in total. The lowest BCUT2D eigenvalue weighted by molar-refractivity contribution is 0.152. The fraction of sp³-hybridized carbons (Fsp3) is 0.571. The first-order chi connectivity index (χ1) is 8.74. The second-order valence-electron chi connectivity index (χ2n) is 4.75. The molecular formula is C14H22N2O2. The van der Waals surface area contributed by atoms with Gasteiger partial charge in [-0.25, -0.2) is 0 Å². The van der Waals surface area contributed by atoms with Gasteiger partial charge >= 0.3 is 0 Å². The molecule has 1 unspecified atom stereocenters. The second kappa shape index (κ2) is 6.07. The molecule has 1 saturated heterocycles. The summed E-state index contributed by atoms with van der Waals surface area (Å²) < 4.78 is 5.63. The number of nitrogens with zero attached hydrogens (tertiary/aromatic N) is 1. The van der Waals surface area contributed by atoms with Crippen LogP contribution in [0.2, 0.25) is 0 Å². The zero-order valence-corrected chi connectivity index (χ0v) is 10.9. The molecule has 0 spiro atoms. The van der Waals surface area contributed by atoms with Crippen molar-refractivity contribution in [1.82, 2.24) is 4.90 Å². The summed E-state index contributed by atoms with van der Waals surface area (Å²) in [5.74, 6) is 0.898. The third kappa shape index (κ3) is 2.94. The van der Waals surface area contributed by atoms with Crippen LogP contribution in [-0.2, 0) is 6.54 Å². The molecule has 0 aromatic heterocycles. The van der Waals surface area contributed by atoms with Gasteiger partial charge < -0.3 is 15.6 Å². The van der Waals surface area contributed by atoms with Crippen molar-refractivity contribution in [3.63, 3.8) is 0 Å². The highest BCUT2D eigenvalue weighted by molar-refractivity contribution is 5.47. The minimum atomic E-state index is 0.228. The Kier molecular flexibility index (Phi) is 4.44. The van der Waals surface area contributed by atoms with Crippen LogP contribution in [-0.4, -0.2) is 35.8 Å². The van der Waals surface area contributed by atoms with Crippen molar-refractivity contribution in [1.29, 1.82) is 0 Å². The number of nitrogens with two attached hydrogens (primary N) is 1. The zero-order chi connectivity index (χ0) is 13.0. The van der Waals surface area contributed by atoms with Crippen molar-refractivity contribution >= 4 is 5.69 Å². The molecule has 18 heavy (non-hydrogen) atoms. The molecule has 0 bridgehead atoms. The summed E-state index contributed by atoms with van der Waals surface area (Å²) in [7, 11) is 0. The molecule has 3 N–H and O–H groups in total. The van der Waals surface area contributed by atoms with E-state index in [2.05, 4.69) is 4.90 Å². The van der Waals surface area contributed by atoms with E-state index >= 15 is 0 Å². The fourth-order valence-electron chi connectivity index (χ4n) is 2.55. The van der Waals surface area contributed by atoms with E-state index in [9.17, 15) is 5.11 Å². The highest BCUT2D eigenvalue weighted by Gasteiger charge is 2.24. The van der Waals surface area contributed by atoms with Crippen molar-refractivity contribution in [2.24, 2.45) is 0 Å². The molecule has 0 amide bonds. The summed E-state index contributed by atoms with van der Waals surface area (Å²) in [5, 5.41) is 9.34. The largest absolute Gasteiger partial charge is 0.494 e. The zero-order valence-electron chi connectivity index (χ0n) is 10.9. The van der Waals surface area contributed by atoms with E-state index in [1.54, 1.807) is 0 Å². The maximum atomic E-state index is 9.34. The first-order valence-corrected chi connectivity index (χ1v) is 6.60. The van der Waals surface area contributed by atoms with Crippen LogP contribution in [0.25, 0.3) is 0 Å². The summed E-state index contributed by atoms with van der Waals surface area (Å²) in [6.07, 6.45) is 2.22. The average Bonchev–Trinajstić information content (AvgIpc) is 2.80. The molecule has 2 rings (SSSR count). The summed E-state index contributed by atoms with van der Waals surface area (Å²) in [6, 6.07) is 6.04. The molecular weight excluding hydrogens is 228 g/mol. The van der Waals surface area contributed by atoms with Crippen molar-refractivity contribution in [2.75, 3.05) is 25.5 Å². The molecule has 1 fully saturated rings. The number of ether oxygens (including phenoxy) is 1. The minimum Gasteiger partial charge on any atom is -0.494 e. The molecule has 100 valence electrons. The van der Waals surface area contributed by atoms with Gasteiger partial charge in [0.05, 0.1) is 13.2 Å². The molecule has 0 radical (unpaired) electrons. The van der Waals surface area contributed by atoms with Crippen LogP contribution in [0.3, 0.4) is 0 Å². The van der Waals surface area contributed by atoms with Gasteiger partial charge in [-0.3, -0.25) is 4.90 Å². The van der Waals surface area contributed by atoms with E-state index in [0.29, 0.717) is 6.61 Å². The number of benzene rings is 1. The molecule has 4 heteroatoms. The van der Waals surface area contributed by atoms with Crippen LogP contribution in [0.15, 0.2) is 18.2 Å². The maximum Gasteiger partial charge on any atom is 0.123 e. The van der Waals surface area contributed by atoms with E-state index in [0.717, 1.165) is 42.9 Å². The third-order valence-corrected chi connectivity index (χ3v) is 3.47.